The van der Waals surface area contributed by atoms with Crippen molar-refractivity contribution in [2.45, 2.75) is 71.8 Å². The van der Waals surface area contributed by atoms with Crippen LogP contribution in [0.1, 0.15) is 58.1 Å². The van der Waals surface area contributed by atoms with Gasteiger partial charge < -0.3 is 15.4 Å². The Morgan fingerprint density at radius 2 is 1.70 bits per heavy atom. The average molecular weight is 375 g/mol. The highest BCUT2D eigenvalue weighted by Crippen LogP contribution is 2.19. The lowest BCUT2D eigenvalue weighted by atomic mass is 9.98. The Hall–Kier alpha value is -1.59. The zero-order valence-electron chi connectivity index (χ0n) is 17.8. The van der Waals surface area contributed by atoms with Crippen molar-refractivity contribution in [2.75, 3.05) is 26.7 Å². The van der Waals surface area contributed by atoms with E-state index in [4.69, 9.17) is 4.74 Å². The molecule has 0 amide bonds. The molecule has 0 saturated carbocycles. The van der Waals surface area contributed by atoms with Gasteiger partial charge in [-0.2, -0.15) is 0 Å². The van der Waals surface area contributed by atoms with Crippen molar-refractivity contribution >= 4 is 5.96 Å². The second kappa shape index (κ2) is 10.7. The Morgan fingerprint density at radius 3 is 2.30 bits per heavy atom. The molecular formula is C22H38N4O. The van der Waals surface area contributed by atoms with Crippen molar-refractivity contribution in [1.82, 2.24) is 15.5 Å². The molecule has 1 saturated heterocycles. The normalized spacial score (nSPS) is 16.6. The smallest absolute Gasteiger partial charge is 0.191 e. The van der Waals surface area contributed by atoms with Gasteiger partial charge in [0.15, 0.2) is 5.96 Å². The summed E-state index contributed by atoms with van der Waals surface area (Å²) in [7, 11) is 1.83. The minimum Gasteiger partial charge on any atom is -0.374 e. The molecule has 0 unspecified atom stereocenters. The fraction of sp³-hybridized carbons (Fsp3) is 0.682. The Bertz CT molecular complexity index is 574. The van der Waals surface area contributed by atoms with Gasteiger partial charge in [-0.15, -0.1) is 0 Å². The van der Waals surface area contributed by atoms with Crippen LogP contribution in [-0.4, -0.2) is 49.2 Å². The van der Waals surface area contributed by atoms with E-state index < -0.39 is 0 Å². The Kier molecular flexibility index (Phi) is 8.58. The van der Waals surface area contributed by atoms with Crippen molar-refractivity contribution in [3.63, 3.8) is 0 Å². The summed E-state index contributed by atoms with van der Waals surface area (Å²) >= 11 is 0. The predicted molar refractivity (Wildman–Crippen MR) is 114 cm³/mol. The van der Waals surface area contributed by atoms with Crippen molar-refractivity contribution in [3.05, 3.63) is 35.4 Å². The first-order chi connectivity index (χ1) is 12.9. The van der Waals surface area contributed by atoms with E-state index in [1.54, 1.807) is 0 Å². The quantitative estimate of drug-likeness (QED) is 0.540. The molecule has 1 heterocycles. The second-order valence-corrected chi connectivity index (χ2v) is 8.32. The maximum absolute atomic E-state index is 5.65. The number of nitrogens with one attached hydrogen (secondary N) is 2. The topological polar surface area (TPSA) is 48.9 Å². The molecule has 0 radical (unpaired) electrons. The second-order valence-electron chi connectivity index (χ2n) is 8.32. The summed E-state index contributed by atoms with van der Waals surface area (Å²) in [6, 6.07) is 8.57. The molecule has 5 heteroatoms. The van der Waals surface area contributed by atoms with E-state index in [1.165, 1.54) is 43.5 Å². The number of guanidine groups is 1. The molecule has 152 valence electrons. The summed E-state index contributed by atoms with van der Waals surface area (Å²) in [4.78, 5) is 6.97. The monoisotopic (exact) mass is 374 g/mol. The van der Waals surface area contributed by atoms with Crippen molar-refractivity contribution in [1.29, 1.82) is 0 Å². The van der Waals surface area contributed by atoms with Crippen LogP contribution < -0.4 is 10.6 Å². The molecule has 1 fully saturated rings. The van der Waals surface area contributed by atoms with Crippen LogP contribution >= 0.6 is 0 Å². The zero-order chi connectivity index (χ0) is 19.7. The van der Waals surface area contributed by atoms with Crippen LogP contribution in [0.15, 0.2) is 29.3 Å². The van der Waals surface area contributed by atoms with Gasteiger partial charge in [-0.25, -0.2) is 0 Å². The molecule has 0 aliphatic carbocycles. The van der Waals surface area contributed by atoms with Gasteiger partial charge in [-0.05, 0) is 64.8 Å². The molecule has 1 aliphatic rings. The number of likely N-dealkylation sites (tertiary alicyclic amines) is 1. The fourth-order valence-corrected chi connectivity index (χ4v) is 3.33. The van der Waals surface area contributed by atoms with Crippen molar-refractivity contribution in [2.24, 2.45) is 4.99 Å². The standard InChI is InChI=1S/C22H38N4O/c1-18(2)27-16-20-11-9-19(10-12-20)15-24-21(23-5)25-17-22(3,4)26-13-7-6-8-14-26/h9-12,18H,6-8,13-17H2,1-5H3,(H2,23,24,25). The number of hydrogen-bond donors (Lipinski definition) is 2. The summed E-state index contributed by atoms with van der Waals surface area (Å²) in [5.41, 5.74) is 2.58. The van der Waals surface area contributed by atoms with E-state index in [0.717, 1.165) is 19.0 Å². The van der Waals surface area contributed by atoms with E-state index >= 15 is 0 Å². The Labute approximate surface area is 165 Å². The lowest BCUT2D eigenvalue weighted by molar-refractivity contribution is 0.0657. The minimum absolute atomic E-state index is 0.135. The molecule has 0 aromatic heterocycles. The number of nitrogens with zero attached hydrogens (tertiary/aromatic N) is 2. The molecule has 2 rings (SSSR count). The Morgan fingerprint density at radius 1 is 1.07 bits per heavy atom. The third kappa shape index (κ3) is 7.51. The van der Waals surface area contributed by atoms with E-state index in [1.807, 2.05) is 7.05 Å². The zero-order valence-corrected chi connectivity index (χ0v) is 17.8. The first kappa shape index (κ1) is 21.7. The average Bonchev–Trinajstić information content (AvgIpc) is 2.68. The lowest BCUT2D eigenvalue weighted by Crippen LogP contribution is -2.54. The molecule has 0 spiro atoms. The van der Waals surface area contributed by atoms with Crippen LogP contribution in [0, 0.1) is 0 Å². The van der Waals surface area contributed by atoms with Crippen LogP contribution in [0.2, 0.25) is 0 Å². The fourth-order valence-electron chi connectivity index (χ4n) is 3.33. The van der Waals surface area contributed by atoms with E-state index in [9.17, 15) is 0 Å². The number of ether oxygens (including phenoxy) is 1. The largest absolute Gasteiger partial charge is 0.374 e. The highest BCUT2D eigenvalue weighted by Gasteiger charge is 2.27. The van der Waals surface area contributed by atoms with Gasteiger partial charge in [0, 0.05) is 25.7 Å². The van der Waals surface area contributed by atoms with Crippen molar-refractivity contribution in [3.8, 4) is 0 Å². The number of rotatable bonds is 8. The molecule has 1 aromatic rings. The van der Waals surface area contributed by atoms with Crippen LogP contribution in [0.3, 0.4) is 0 Å². The predicted octanol–water partition coefficient (Wildman–Crippen LogP) is 3.54. The molecule has 0 bridgehead atoms. The number of hydrogen-bond acceptors (Lipinski definition) is 3. The molecule has 1 aliphatic heterocycles. The number of aliphatic imine (C=N–C) groups is 1. The van der Waals surface area contributed by atoms with Crippen LogP contribution in [-0.2, 0) is 17.9 Å². The minimum atomic E-state index is 0.135. The van der Waals surface area contributed by atoms with Gasteiger partial charge in [0.1, 0.15) is 0 Å². The van der Waals surface area contributed by atoms with Gasteiger partial charge in [0.05, 0.1) is 12.7 Å². The van der Waals surface area contributed by atoms with E-state index in [0.29, 0.717) is 6.61 Å². The SMILES string of the molecule is CN=C(NCc1ccc(COC(C)C)cc1)NCC(C)(C)N1CCCCC1. The maximum atomic E-state index is 5.65. The molecule has 0 atom stereocenters. The Balaban J connectivity index is 1.78. The summed E-state index contributed by atoms with van der Waals surface area (Å²) in [6.07, 6.45) is 4.25. The maximum Gasteiger partial charge on any atom is 0.191 e. The summed E-state index contributed by atoms with van der Waals surface area (Å²) in [5, 5.41) is 6.92. The third-order valence-electron chi connectivity index (χ3n) is 5.19. The van der Waals surface area contributed by atoms with E-state index in [-0.39, 0.29) is 11.6 Å². The molecule has 27 heavy (non-hydrogen) atoms. The van der Waals surface area contributed by atoms with E-state index in [2.05, 4.69) is 72.5 Å². The highest BCUT2D eigenvalue weighted by molar-refractivity contribution is 5.79. The highest BCUT2D eigenvalue weighted by atomic mass is 16.5. The van der Waals surface area contributed by atoms with Gasteiger partial charge >= 0.3 is 0 Å². The summed E-state index contributed by atoms with van der Waals surface area (Å²) < 4.78 is 5.65. The molecule has 1 aromatic carbocycles. The van der Waals surface area contributed by atoms with Crippen LogP contribution in [0.5, 0.6) is 0 Å². The molecular weight excluding hydrogens is 336 g/mol. The van der Waals surface area contributed by atoms with Crippen molar-refractivity contribution < 1.29 is 4.74 Å². The van der Waals surface area contributed by atoms with Crippen LogP contribution in [0.25, 0.3) is 0 Å². The first-order valence-corrected chi connectivity index (χ1v) is 10.3. The number of piperidine rings is 1. The summed E-state index contributed by atoms with van der Waals surface area (Å²) in [6.45, 7) is 13.5. The van der Waals surface area contributed by atoms with Gasteiger partial charge in [0.25, 0.3) is 0 Å². The first-order valence-electron chi connectivity index (χ1n) is 10.3. The molecule has 5 nitrogen and oxygen atoms in total. The lowest BCUT2D eigenvalue weighted by Gasteiger charge is -2.41. The third-order valence-corrected chi connectivity index (χ3v) is 5.19. The summed E-state index contributed by atoms with van der Waals surface area (Å²) in [5.74, 6) is 0.854. The molecule has 2 N–H and O–H groups in total. The van der Waals surface area contributed by atoms with Gasteiger partial charge in [0.2, 0.25) is 0 Å². The van der Waals surface area contributed by atoms with Crippen LogP contribution in [0.4, 0.5) is 0 Å². The van der Waals surface area contributed by atoms with Gasteiger partial charge in [-0.1, -0.05) is 30.7 Å². The number of benzene rings is 1. The van der Waals surface area contributed by atoms with Gasteiger partial charge in [-0.3, -0.25) is 9.89 Å².